The second-order valence-corrected chi connectivity index (χ2v) is 4.92. The lowest BCUT2D eigenvalue weighted by molar-refractivity contribution is 0.666. The maximum Gasteiger partial charge on any atom is 0.145 e. The van der Waals surface area contributed by atoms with Gasteiger partial charge in [0.2, 0.25) is 0 Å². The van der Waals surface area contributed by atoms with Crippen LogP contribution in [0.15, 0.2) is 12.5 Å². The predicted octanol–water partition coefficient (Wildman–Crippen LogP) is 2.15. The number of anilines is 1. The molecule has 1 aromatic heterocycles. The first-order chi connectivity index (χ1) is 6.81. The average molecular weight is 324 g/mol. The number of hydrogen-bond donors (Lipinski definition) is 0. The Hall–Kier alpha value is -0.100. The monoisotopic (exact) mass is 323 g/mol. The molecule has 1 aliphatic heterocycles. The fourth-order valence-electron chi connectivity index (χ4n) is 1.69. The van der Waals surface area contributed by atoms with E-state index >= 15 is 0 Å². The highest BCUT2D eigenvalue weighted by Crippen LogP contribution is 2.25. The molecule has 2 heterocycles. The number of rotatable bonds is 2. The van der Waals surface area contributed by atoms with Crippen molar-refractivity contribution in [3.8, 4) is 0 Å². The topological polar surface area (TPSA) is 29.0 Å². The van der Waals surface area contributed by atoms with Gasteiger partial charge in [-0.1, -0.05) is 0 Å². The molecule has 1 aliphatic rings. The summed E-state index contributed by atoms with van der Waals surface area (Å²) in [5, 5.41) is 0. The van der Waals surface area contributed by atoms with E-state index in [1.54, 1.807) is 6.33 Å². The minimum Gasteiger partial charge on any atom is -0.355 e. The molecule has 1 saturated heterocycles. The maximum absolute atomic E-state index is 5.84. The standard InChI is InChI=1S/C9H11ClIN3/c10-3-7-1-2-14(5-7)9-8(11)4-12-6-13-9/h4,6-7H,1-3,5H2. The van der Waals surface area contributed by atoms with Gasteiger partial charge >= 0.3 is 0 Å². The molecule has 1 aromatic rings. The average Bonchev–Trinajstić information content (AvgIpc) is 2.67. The third kappa shape index (κ3) is 2.11. The summed E-state index contributed by atoms with van der Waals surface area (Å²) >= 11 is 8.11. The highest BCUT2D eigenvalue weighted by Gasteiger charge is 2.23. The Bertz CT molecular complexity index is 321. The normalized spacial score (nSPS) is 21.6. The third-order valence-corrected chi connectivity index (χ3v) is 3.65. The Labute approximate surface area is 102 Å². The molecule has 14 heavy (non-hydrogen) atoms. The molecule has 1 atom stereocenters. The van der Waals surface area contributed by atoms with Crippen LogP contribution >= 0.6 is 34.2 Å². The Morgan fingerprint density at radius 1 is 1.64 bits per heavy atom. The minimum absolute atomic E-state index is 0.613. The Morgan fingerprint density at radius 2 is 2.50 bits per heavy atom. The lowest BCUT2D eigenvalue weighted by Gasteiger charge is -2.17. The van der Waals surface area contributed by atoms with Crippen LogP contribution in [-0.2, 0) is 0 Å². The van der Waals surface area contributed by atoms with Gasteiger partial charge < -0.3 is 4.90 Å². The molecule has 3 nitrogen and oxygen atoms in total. The number of aromatic nitrogens is 2. The molecule has 0 amide bonds. The van der Waals surface area contributed by atoms with E-state index in [1.807, 2.05) is 6.20 Å². The second kappa shape index (κ2) is 4.61. The zero-order chi connectivity index (χ0) is 9.97. The number of halogens is 2. The van der Waals surface area contributed by atoms with Crippen molar-refractivity contribution < 1.29 is 0 Å². The van der Waals surface area contributed by atoms with E-state index < -0.39 is 0 Å². The quantitative estimate of drug-likeness (QED) is 0.617. The summed E-state index contributed by atoms with van der Waals surface area (Å²) in [6, 6.07) is 0. The van der Waals surface area contributed by atoms with Crippen LogP contribution in [0.2, 0.25) is 0 Å². The van der Waals surface area contributed by atoms with Crippen LogP contribution in [0.25, 0.3) is 0 Å². The van der Waals surface area contributed by atoms with Crippen LogP contribution in [0.4, 0.5) is 5.82 Å². The third-order valence-electron chi connectivity index (χ3n) is 2.45. The summed E-state index contributed by atoms with van der Waals surface area (Å²) in [6.45, 7) is 2.08. The number of nitrogens with zero attached hydrogens (tertiary/aromatic N) is 3. The van der Waals surface area contributed by atoms with Crippen LogP contribution in [-0.4, -0.2) is 28.9 Å². The summed E-state index contributed by atoms with van der Waals surface area (Å²) in [5.74, 6) is 2.41. The van der Waals surface area contributed by atoms with Gasteiger partial charge in [0.25, 0.3) is 0 Å². The van der Waals surface area contributed by atoms with Crippen LogP contribution in [0, 0.1) is 9.49 Å². The zero-order valence-electron chi connectivity index (χ0n) is 7.66. The maximum atomic E-state index is 5.84. The lowest BCUT2D eigenvalue weighted by atomic mass is 10.2. The van der Waals surface area contributed by atoms with Crippen molar-refractivity contribution in [2.75, 3.05) is 23.9 Å². The molecule has 0 bridgehead atoms. The number of hydrogen-bond acceptors (Lipinski definition) is 3. The summed E-state index contributed by atoms with van der Waals surface area (Å²) in [5.41, 5.74) is 0. The van der Waals surface area contributed by atoms with Gasteiger partial charge in [-0.3, -0.25) is 0 Å². The SMILES string of the molecule is ClCC1CCN(c2ncncc2I)C1. The predicted molar refractivity (Wildman–Crippen MR) is 65.8 cm³/mol. The lowest BCUT2D eigenvalue weighted by Crippen LogP contribution is -2.22. The molecule has 1 fully saturated rings. The molecule has 0 radical (unpaired) electrons. The first-order valence-electron chi connectivity index (χ1n) is 4.57. The summed E-state index contributed by atoms with van der Waals surface area (Å²) in [6.07, 6.45) is 4.62. The summed E-state index contributed by atoms with van der Waals surface area (Å²) < 4.78 is 1.11. The minimum atomic E-state index is 0.613. The van der Waals surface area contributed by atoms with Gasteiger partial charge in [0.1, 0.15) is 12.1 Å². The van der Waals surface area contributed by atoms with Crippen molar-refractivity contribution in [3.63, 3.8) is 0 Å². The van der Waals surface area contributed by atoms with E-state index in [2.05, 4.69) is 37.5 Å². The van der Waals surface area contributed by atoms with E-state index in [9.17, 15) is 0 Å². The van der Waals surface area contributed by atoms with E-state index in [0.717, 1.165) is 28.4 Å². The van der Waals surface area contributed by atoms with Gasteiger partial charge in [-0.05, 0) is 34.9 Å². The Balaban J connectivity index is 2.13. The highest BCUT2D eigenvalue weighted by atomic mass is 127. The molecular weight excluding hydrogens is 312 g/mol. The fraction of sp³-hybridized carbons (Fsp3) is 0.556. The van der Waals surface area contributed by atoms with Crippen molar-refractivity contribution in [1.29, 1.82) is 0 Å². The summed E-state index contributed by atoms with van der Waals surface area (Å²) in [4.78, 5) is 10.6. The molecule has 0 saturated carbocycles. The smallest absolute Gasteiger partial charge is 0.145 e. The van der Waals surface area contributed by atoms with Gasteiger partial charge in [-0.15, -0.1) is 11.6 Å². The Kier molecular flexibility index (Phi) is 3.43. The fourth-order valence-corrected chi connectivity index (χ4v) is 2.58. The van der Waals surface area contributed by atoms with Crippen LogP contribution in [0.1, 0.15) is 6.42 Å². The second-order valence-electron chi connectivity index (χ2n) is 3.45. The summed E-state index contributed by atoms with van der Waals surface area (Å²) in [7, 11) is 0. The molecule has 1 unspecified atom stereocenters. The first-order valence-corrected chi connectivity index (χ1v) is 6.19. The van der Waals surface area contributed by atoms with E-state index in [-0.39, 0.29) is 0 Å². The number of alkyl halides is 1. The highest BCUT2D eigenvalue weighted by molar-refractivity contribution is 14.1. The van der Waals surface area contributed by atoms with Crippen molar-refractivity contribution in [1.82, 2.24) is 9.97 Å². The van der Waals surface area contributed by atoms with E-state index in [1.165, 1.54) is 6.42 Å². The molecule has 2 rings (SSSR count). The first kappa shape index (κ1) is 10.4. The van der Waals surface area contributed by atoms with E-state index in [0.29, 0.717) is 5.92 Å². The van der Waals surface area contributed by atoms with Crippen molar-refractivity contribution >= 4 is 40.0 Å². The Morgan fingerprint density at radius 3 is 3.14 bits per heavy atom. The van der Waals surface area contributed by atoms with Gasteiger partial charge in [-0.25, -0.2) is 9.97 Å². The van der Waals surface area contributed by atoms with Gasteiger partial charge in [-0.2, -0.15) is 0 Å². The van der Waals surface area contributed by atoms with E-state index in [4.69, 9.17) is 11.6 Å². The zero-order valence-corrected chi connectivity index (χ0v) is 10.6. The van der Waals surface area contributed by atoms with Crippen LogP contribution in [0.3, 0.4) is 0 Å². The molecule has 5 heteroatoms. The van der Waals surface area contributed by atoms with Gasteiger partial charge in [0, 0.05) is 25.2 Å². The molecule has 0 aliphatic carbocycles. The van der Waals surface area contributed by atoms with Gasteiger partial charge in [0.15, 0.2) is 0 Å². The molecule has 0 spiro atoms. The molecule has 76 valence electrons. The largest absolute Gasteiger partial charge is 0.355 e. The van der Waals surface area contributed by atoms with Crippen molar-refractivity contribution in [3.05, 3.63) is 16.1 Å². The molecule has 0 N–H and O–H groups in total. The van der Waals surface area contributed by atoms with Crippen LogP contribution < -0.4 is 4.90 Å². The van der Waals surface area contributed by atoms with Crippen molar-refractivity contribution in [2.45, 2.75) is 6.42 Å². The van der Waals surface area contributed by atoms with Gasteiger partial charge in [0.05, 0.1) is 3.57 Å². The van der Waals surface area contributed by atoms with Crippen molar-refractivity contribution in [2.24, 2.45) is 5.92 Å². The molecular formula is C9H11ClIN3. The molecule has 0 aromatic carbocycles. The van der Waals surface area contributed by atoms with Crippen LogP contribution in [0.5, 0.6) is 0 Å².